The molecule has 0 spiro atoms. The van der Waals surface area contributed by atoms with Crippen molar-refractivity contribution in [3.8, 4) is 17.6 Å². The molecule has 2 aromatic carbocycles. The first-order valence-corrected chi connectivity index (χ1v) is 5.40. The molecule has 3 nitrogen and oxygen atoms in total. The SMILES string of the molecule is N#Cc1cc(F)ccc1Oc1cc(Cl)ccc1N. The number of nitrogens with zero attached hydrogens (tertiary/aromatic N) is 1. The molecule has 0 aliphatic rings. The van der Waals surface area contributed by atoms with Gasteiger partial charge in [-0.2, -0.15) is 5.26 Å². The lowest BCUT2D eigenvalue weighted by Gasteiger charge is -2.10. The predicted octanol–water partition coefficient (Wildman–Crippen LogP) is 3.73. The maximum Gasteiger partial charge on any atom is 0.151 e. The minimum atomic E-state index is -0.502. The zero-order chi connectivity index (χ0) is 13.1. The Morgan fingerprint density at radius 3 is 2.67 bits per heavy atom. The quantitative estimate of drug-likeness (QED) is 0.839. The van der Waals surface area contributed by atoms with E-state index in [9.17, 15) is 4.39 Å². The Kier molecular flexibility index (Phi) is 3.35. The number of nitrogens with two attached hydrogens (primary N) is 1. The van der Waals surface area contributed by atoms with Crippen LogP contribution >= 0.6 is 11.6 Å². The van der Waals surface area contributed by atoms with Gasteiger partial charge in [0.25, 0.3) is 0 Å². The molecule has 0 heterocycles. The molecule has 0 radical (unpaired) electrons. The van der Waals surface area contributed by atoms with E-state index in [0.29, 0.717) is 16.5 Å². The first kappa shape index (κ1) is 12.2. The fourth-order valence-corrected chi connectivity index (χ4v) is 1.56. The largest absolute Gasteiger partial charge is 0.454 e. The number of halogens is 2. The summed E-state index contributed by atoms with van der Waals surface area (Å²) in [5.74, 6) is 0.0523. The van der Waals surface area contributed by atoms with Gasteiger partial charge >= 0.3 is 0 Å². The molecule has 0 saturated carbocycles. The van der Waals surface area contributed by atoms with Crippen molar-refractivity contribution < 1.29 is 9.13 Å². The molecule has 2 aromatic rings. The molecular formula is C13H8ClFN2O. The average molecular weight is 263 g/mol. The second-order valence-electron chi connectivity index (χ2n) is 3.54. The second kappa shape index (κ2) is 4.94. The van der Waals surface area contributed by atoms with Crippen LogP contribution in [-0.4, -0.2) is 0 Å². The van der Waals surface area contributed by atoms with E-state index in [1.807, 2.05) is 6.07 Å². The summed E-state index contributed by atoms with van der Waals surface area (Å²) in [7, 11) is 0. The van der Waals surface area contributed by atoms with Crippen LogP contribution in [0.15, 0.2) is 36.4 Å². The van der Waals surface area contributed by atoms with E-state index in [2.05, 4.69) is 0 Å². The van der Waals surface area contributed by atoms with Gasteiger partial charge in [0.05, 0.1) is 11.3 Å². The van der Waals surface area contributed by atoms with Gasteiger partial charge in [-0.05, 0) is 30.3 Å². The van der Waals surface area contributed by atoms with Crippen molar-refractivity contribution in [3.05, 3.63) is 52.8 Å². The van der Waals surface area contributed by atoms with E-state index in [-0.39, 0.29) is 11.3 Å². The first-order chi connectivity index (χ1) is 8.60. The number of anilines is 1. The Hall–Kier alpha value is -2.25. The summed E-state index contributed by atoms with van der Waals surface area (Å²) in [6.45, 7) is 0. The number of hydrogen-bond acceptors (Lipinski definition) is 3. The molecule has 0 aliphatic carbocycles. The van der Waals surface area contributed by atoms with Gasteiger partial charge in [-0.1, -0.05) is 11.6 Å². The lowest BCUT2D eigenvalue weighted by Crippen LogP contribution is -1.94. The molecule has 0 fully saturated rings. The number of rotatable bonds is 2. The van der Waals surface area contributed by atoms with Crippen LogP contribution in [0.3, 0.4) is 0 Å². The Balaban J connectivity index is 2.40. The highest BCUT2D eigenvalue weighted by molar-refractivity contribution is 6.30. The highest BCUT2D eigenvalue weighted by Gasteiger charge is 2.08. The number of nitriles is 1. The molecule has 0 amide bonds. The molecule has 0 saturated heterocycles. The Morgan fingerprint density at radius 2 is 1.94 bits per heavy atom. The molecule has 0 aliphatic heterocycles. The van der Waals surface area contributed by atoms with E-state index in [1.54, 1.807) is 12.1 Å². The maximum atomic E-state index is 13.0. The van der Waals surface area contributed by atoms with Crippen LogP contribution in [0.2, 0.25) is 5.02 Å². The molecular weight excluding hydrogens is 255 g/mol. The lowest BCUT2D eigenvalue weighted by atomic mass is 10.2. The predicted molar refractivity (Wildman–Crippen MR) is 67.1 cm³/mol. The van der Waals surface area contributed by atoms with E-state index < -0.39 is 5.82 Å². The van der Waals surface area contributed by atoms with Gasteiger partial charge in [0.1, 0.15) is 17.6 Å². The van der Waals surface area contributed by atoms with Crippen LogP contribution in [0, 0.1) is 17.1 Å². The monoisotopic (exact) mass is 262 g/mol. The number of ether oxygens (including phenoxy) is 1. The molecule has 2 N–H and O–H groups in total. The summed E-state index contributed by atoms with van der Waals surface area (Å²) in [5.41, 5.74) is 6.19. The van der Waals surface area contributed by atoms with Gasteiger partial charge in [0.2, 0.25) is 0 Å². The van der Waals surface area contributed by atoms with Crippen molar-refractivity contribution in [2.75, 3.05) is 5.73 Å². The Labute approximate surface area is 108 Å². The van der Waals surface area contributed by atoms with Crippen molar-refractivity contribution in [3.63, 3.8) is 0 Å². The highest BCUT2D eigenvalue weighted by atomic mass is 35.5. The minimum Gasteiger partial charge on any atom is -0.454 e. The maximum absolute atomic E-state index is 13.0. The fourth-order valence-electron chi connectivity index (χ4n) is 1.39. The fraction of sp³-hybridized carbons (Fsp3) is 0. The number of nitrogen functional groups attached to an aromatic ring is 1. The molecule has 0 atom stereocenters. The first-order valence-electron chi connectivity index (χ1n) is 5.02. The summed E-state index contributed by atoms with van der Waals surface area (Å²) in [6.07, 6.45) is 0. The van der Waals surface area contributed by atoms with Crippen LogP contribution in [0.5, 0.6) is 11.5 Å². The zero-order valence-corrected chi connectivity index (χ0v) is 9.91. The van der Waals surface area contributed by atoms with Crippen LogP contribution in [0.1, 0.15) is 5.56 Å². The van der Waals surface area contributed by atoms with Gasteiger partial charge in [0, 0.05) is 11.1 Å². The van der Waals surface area contributed by atoms with Gasteiger partial charge in [-0.3, -0.25) is 0 Å². The van der Waals surface area contributed by atoms with Crippen LogP contribution < -0.4 is 10.5 Å². The third-order valence-electron chi connectivity index (χ3n) is 2.26. The smallest absolute Gasteiger partial charge is 0.151 e. The summed E-state index contributed by atoms with van der Waals surface area (Å²) >= 11 is 5.82. The number of benzene rings is 2. The van der Waals surface area contributed by atoms with Crippen LogP contribution in [0.25, 0.3) is 0 Å². The van der Waals surface area contributed by atoms with Crippen LogP contribution in [0.4, 0.5) is 10.1 Å². The van der Waals surface area contributed by atoms with Gasteiger partial charge < -0.3 is 10.5 Å². The van der Waals surface area contributed by atoms with Crippen molar-refractivity contribution >= 4 is 17.3 Å². The van der Waals surface area contributed by atoms with Crippen molar-refractivity contribution in [1.82, 2.24) is 0 Å². The minimum absolute atomic E-state index is 0.0920. The van der Waals surface area contributed by atoms with Crippen molar-refractivity contribution in [1.29, 1.82) is 5.26 Å². The number of hydrogen-bond donors (Lipinski definition) is 1. The van der Waals surface area contributed by atoms with Gasteiger partial charge in [-0.15, -0.1) is 0 Å². The molecule has 0 aromatic heterocycles. The molecule has 90 valence electrons. The molecule has 18 heavy (non-hydrogen) atoms. The summed E-state index contributed by atoms with van der Waals surface area (Å²) in [5, 5.41) is 9.35. The zero-order valence-electron chi connectivity index (χ0n) is 9.15. The third kappa shape index (κ3) is 2.53. The van der Waals surface area contributed by atoms with Crippen LogP contribution in [-0.2, 0) is 0 Å². The molecule has 0 unspecified atom stereocenters. The molecule has 5 heteroatoms. The van der Waals surface area contributed by atoms with Gasteiger partial charge in [0.15, 0.2) is 5.75 Å². The highest BCUT2D eigenvalue weighted by Crippen LogP contribution is 2.31. The lowest BCUT2D eigenvalue weighted by molar-refractivity contribution is 0.481. The molecule has 2 rings (SSSR count). The van der Waals surface area contributed by atoms with Crippen molar-refractivity contribution in [2.45, 2.75) is 0 Å². The molecule has 0 bridgehead atoms. The van der Waals surface area contributed by atoms with E-state index in [4.69, 9.17) is 27.3 Å². The summed E-state index contributed by atoms with van der Waals surface area (Å²) in [4.78, 5) is 0. The van der Waals surface area contributed by atoms with E-state index in [0.717, 1.165) is 6.07 Å². The second-order valence-corrected chi connectivity index (χ2v) is 3.97. The summed E-state index contributed by atoms with van der Waals surface area (Å²) in [6, 6.07) is 10.3. The van der Waals surface area contributed by atoms with E-state index >= 15 is 0 Å². The third-order valence-corrected chi connectivity index (χ3v) is 2.49. The van der Waals surface area contributed by atoms with E-state index in [1.165, 1.54) is 18.2 Å². The average Bonchev–Trinajstić information content (AvgIpc) is 2.36. The van der Waals surface area contributed by atoms with Crippen molar-refractivity contribution in [2.24, 2.45) is 0 Å². The normalized spacial score (nSPS) is 9.83. The Bertz CT molecular complexity index is 637. The van der Waals surface area contributed by atoms with Gasteiger partial charge in [-0.25, -0.2) is 4.39 Å². The summed E-state index contributed by atoms with van der Waals surface area (Å²) < 4.78 is 18.4. The topological polar surface area (TPSA) is 59.0 Å². The Morgan fingerprint density at radius 1 is 1.17 bits per heavy atom. The standard InChI is InChI=1S/C13H8ClFN2O/c14-9-1-3-11(17)13(6-9)18-12-4-2-10(15)5-8(12)7-16/h1-6H,17H2.